The van der Waals surface area contributed by atoms with E-state index in [1.165, 1.54) is 12.1 Å². The number of hydrogen-bond donors (Lipinski definition) is 1. The highest BCUT2D eigenvalue weighted by Gasteiger charge is 2.29. The van der Waals surface area contributed by atoms with E-state index in [2.05, 4.69) is 4.90 Å². The van der Waals surface area contributed by atoms with Crippen LogP contribution in [-0.4, -0.2) is 112 Å². The number of nitrogens with zero attached hydrogens (tertiary/aromatic N) is 3. The number of cyclic esters (lactones) is 1. The van der Waals surface area contributed by atoms with Gasteiger partial charge in [0.05, 0.1) is 24.0 Å². The van der Waals surface area contributed by atoms with Crippen molar-refractivity contribution in [2.45, 2.75) is 58.3 Å². The highest BCUT2D eigenvalue weighted by Crippen LogP contribution is 2.28. The summed E-state index contributed by atoms with van der Waals surface area (Å²) in [5, 5.41) is 10.6. The minimum atomic E-state index is -3.08. The number of amides is 1. The summed E-state index contributed by atoms with van der Waals surface area (Å²) in [5.74, 6) is -1.37. The molecule has 0 radical (unpaired) electrons. The van der Waals surface area contributed by atoms with Crippen molar-refractivity contribution in [2.75, 3.05) is 62.7 Å². The fraction of sp³-hybridized carbons (Fsp3) is 0.625. The van der Waals surface area contributed by atoms with E-state index >= 15 is 0 Å². The number of aliphatic hydroxyl groups is 1. The fourth-order valence-electron chi connectivity index (χ4n) is 5.81. The van der Waals surface area contributed by atoms with Gasteiger partial charge in [0, 0.05) is 50.9 Å². The molecule has 0 unspecified atom stereocenters. The third-order valence-corrected chi connectivity index (χ3v) is 10.3. The van der Waals surface area contributed by atoms with Gasteiger partial charge in [0.2, 0.25) is 0 Å². The molecule has 244 valence electrons. The second-order valence-corrected chi connectivity index (χ2v) is 14.8. The van der Waals surface area contributed by atoms with E-state index in [4.69, 9.17) is 9.47 Å². The maximum atomic E-state index is 14.7. The Morgan fingerprint density at radius 2 is 1.73 bits per heavy atom. The van der Waals surface area contributed by atoms with Gasteiger partial charge in [0.1, 0.15) is 18.0 Å². The summed E-state index contributed by atoms with van der Waals surface area (Å²) < 4.78 is 50.3. The van der Waals surface area contributed by atoms with Gasteiger partial charge in [-0.25, -0.2) is 17.6 Å². The van der Waals surface area contributed by atoms with E-state index in [1.54, 1.807) is 24.0 Å². The van der Waals surface area contributed by atoms with Gasteiger partial charge in [-0.3, -0.25) is 4.79 Å². The third-order valence-electron chi connectivity index (χ3n) is 8.71. The zero-order valence-electron chi connectivity index (χ0n) is 26.2. The van der Waals surface area contributed by atoms with Crippen molar-refractivity contribution in [2.24, 2.45) is 11.8 Å². The van der Waals surface area contributed by atoms with Crippen LogP contribution in [0.1, 0.15) is 45.6 Å². The van der Waals surface area contributed by atoms with Crippen molar-refractivity contribution >= 4 is 33.7 Å². The molecule has 0 bridgehead atoms. The van der Waals surface area contributed by atoms with Crippen molar-refractivity contribution in [3.8, 4) is 0 Å². The number of rotatable bonds is 4. The van der Waals surface area contributed by atoms with Crippen LogP contribution in [0.4, 0.5) is 14.9 Å². The molecule has 0 aromatic heterocycles. The normalized spacial score (nSPS) is 30.1. The average Bonchev–Trinajstić information content (AvgIpc) is 2.96. The molecular weight excluding hydrogens is 589 g/mol. The maximum Gasteiger partial charge on any atom is 0.410 e. The number of ether oxygens (including phenoxy) is 2. The number of likely N-dealkylation sites (N-methyl/N-ethyl adjacent to an activating group) is 1. The number of sulfone groups is 1. The molecule has 3 aliphatic rings. The number of halogens is 1. The van der Waals surface area contributed by atoms with E-state index in [9.17, 15) is 27.5 Å². The van der Waals surface area contributed by atoms with Gasteiger partial charge in [0.25, 0.3) is 0 Å². The molecule has 10 nitrogen and oxygen atoms in total. The SMILES string of the molecule is C/C(=C\c1cc(F)cc(N2CCS(=O)(=O)CC2)c1)[C@H]1OC(=O)C[C@H](O)CC[C@H](C)[C@@H](OC(=O)N2CCN(C)CC2)/C=C\[C@@H]1C. The standard InChI is InChI=1S/C32H46FN3O7S/c1-22-5-7-28(37)21-30(38)43-31(23(2)6-8-29(22)42-32(39)36-11-9-34(4)10-12-36)24(3)17-25-18-26(33)20-27(19-25)35-13-15-44(40,41)16-14-35/h6,8,17-20,22-23,28-29,31,37H,5,7,9-16,21H2,1-4H3/b8-6-,24-17+/t22-,23-,28+,29-,31-/m0/s1. The molecule has 0 aliphatic carbocycles. The van der Waals surface area contributed by atoms with Crippen molar-refractivity contribution < 1.29 is 37.0 Å². The van der Waals surface area contributed by atoms with Crippen molar-refractivity contribution in [1.82, 2.24) is 9.80 Å². The highest BCUT2D eigenvalue weighted by atomic mass is 32.2. The Kier molecular flexibility index (Phi) is 11.5. The number of hydrogen-bond acceptors (Lipinski definition) is 9. The Labute approximate surface area is 260 Å². The van der Waals surface area contributed by atoms with Crippen LogP contribution in [0.3, 0.4) is 0 Å². The predicted molar refractivity (Wildman–Crippen MR) is 167 cm³/mol. The molecule has 4 rings (SSSR count). The number of benzene rings is 1. The van der Waals surface area contributed by atoms with Crippen LogP contribution in [0.15, 0.2) is 35.9 Å². The second kappa shape index (κ2) is 14.9. The van der Waals surface area contributed by atoms with Gasteiger partial charge in [-0.2, -0.15) is 0 Å². The zero-order chi connectivity index (χ0) is 32.0. The number of carbonyl (C=O) groups excluding carboxylic acids is 2. The van der Waals surface area contributed by atoms with E-state index in [0.717, 1.165) is 13.1 Å². The largest absolute Gasteiger partial charge is 0.457 e. The number of piperazine rings is 1. The molecular formula is C32H46FN3O7S. The molecule has 3 heterocycles. The molecule has 44 heavy (non-hydrogen) atoms. The Hall–Kier alpha value is -2.96. The lowest BCUT2D eigenvalue weighted by molar-refractivity contribution is -0.151. The van der Waals surface area contributed by atoms with Gasteiger partial charge >= 0.3 is 12.1 Å². The summed E-state index contributed by atoms with van der Waals surface area (Å²) in [6.45, 7) is 8.98. The quantitative estimate of drug-likeness (QED) is 0.392. The van der Waals surface area contributed by atoms with Crippen LogP contribution in [0.25, 0.3) is 6.08 Å². The topological polar surface area (TPSA) is 117 Å². The molecule has 3 aliphatic heterocycles. The fourth-order valence-corrected chi connectivity index (χ4v) is 7.01. The molecule has 2 saturated heterocycles. The van der Waals surface area contributed by atoms with Crippen LogP contribution in [-0.2, 0) is 24.1 Å². The predicted octanol–water partition coefficient (Wildman–Crippen LogP) is 3.50. The van der Waals surface area contributed by atoms with Gasteiger partial charge in [-0.1, -0.05) is 26.0 Å². The van der Waals surface area contributed by atoms with E-state index in [-0.39, 0.29) is 48.9 Å². The molecule has 1 aromatic carbocycles. The lowest BCUT2D eigenvalue weighted by atomic mass is 9.91. The number of anilines is 1. The lowest BCUT2D eigenvalue weighted by Crippen LogP contribution is -2.48. The first-order chi connectivity index (χ1) is 20.8. The summed E-state index contributed by atoms with van der Waals surface area (Å²) in [7, 11) is -1.07. The minimum Gasteiger partial charge on any atom is -0.457 e. The van der Waals surface area contributed by atoms with E-state index in [1.807, 2.05) is 37.9 Å². The smallest absolute Gasteiger partial charge is 0.410 e. The summed E-state index contributed by atoms with van der Waals surface area (Å²) >= 11 is 0. The molecule has 1 aromatic rings. The van der Waals surface area contributed by atoms with Crippen LogP contribution < -0.4 is 4.90 Å². The van der Waals surface area contributed by atoms with Crippen LogP contribution in [0.5, 0.6) is 0 Å². The molecule has 1 N–H and O–H groups in total. The second-order valence-electron chi connectivity index (χ2n) is 12.5. The molecule has 2 fully saturated rings. The van der Waals surface area contributed by atoms with Crippen LogP contribution in [0.2, 0.25) is 0 Å². The maximum absolute atomic E-state index is 14.7. The Balaban J connectivity index is 1.56. The van der Waals surface area contributed by atoms with E-state index in [0.29, 0.717) is 42.8 Å². The highest BCUT2D eigenvalue weighted by molar-refractivity contribution is 7.91. The van der Waals surface area contributed by atoms with E-state index < -0.39 is 39.9 Å². The Bertz CT molecular complexity index is 1330. The Morgan fingerprint density at radius 1 is 1.05 bits per heavy atom. The number of esters is 1. The molecule has 0 spiro atoms. The number of aliphatic hydroxyl groups excluding tert-OH is 1. The third kappa shape index (κ3) is 9.52. The summed E-state index contributed by atoms with van der Waals surface area (Å²) in [6.07, 6.45) is 3.71. The zero-order valence-corrected chi connectivity index (χ0v) is 27.0. The Morgan fingerprint density at radius 3 is 2.41 bits per heavy atom. The molecule has 1 amide bonds. The average molecular weight is 636 g/mol. The van der Waals surface area contributed by atoms with Gasteiger partial charge in [0.15, 0.2) is 9.84 Å². The lowest BCUT2D eigenvalue weighted by Gasteiger charge is -2.33. The van der Waals surface area contributed by atoms with Crippen LogP contribution in [0, 0.1) is 17.7 Å². The molecule has 0 saturated carbocycles. The van der Waals surface area contributed by atoms with Crippen molar-refractivity contribution in [1.29, 1.82) is 0 Å². The van der Waals surface area contributed by atoms with Crippen LogP contribution >= 0.6 is 0 Å². The van der Waals surface area contributed by atoms with Gasteiger partial charge in [-0.05, 0) is 68.1 Å². The van der Waals surface area contributed by atoms with Gasteiger partial charge in [-0.15, -0.1) is 0 Å². The monoisotopic (exact) mass is 635 g/mol. The van der Waals surface area contributed by atoms with Crippen molar-refractivity contribution in [3.05, 3.63) is 47.3 Å². The van der Waals surface area contributed by atoms with Gasteiger partial charge < -0.3 is 29.3 Å². The molecule has 12 heteroatoms. The van der Waals surface area contributed by atoms with Crippen molar-refractivity contribution in [3.63, 3.8) is 0 Å². The summed E-state index contributed by atoms with van der Waals surface area (Å²) in [4.78, 5) is 31.6. The first-order valence-electron chi connectivity index (χ1n) is 15.4. The first-order valence-corrected chi connectivity index (χ1v) is 17.3. The number of carbonyl (C=O) groups is 2. The minimum absolute atomic E-state index is 0.0196. The summed E-state index contributed by atoms with van der Waals surface area (Å²) in [5.41, 5.74) is 1.81. The first kappa shape index (κ1) is 33.9. The molecule has 5 atom stereocenters. The summed E-state index contributed by atoms with van der Waals surface area (Å²) in [6, 6.07) is 4.56.